The minimum absolute atomic E-state index is 0.135. The van der Waals surface area contributed by atoms with Gasteiger partial charge in [0.2, 0.25) is 5.95 Å². The molecule has 6 N–H and O–H groups in total. The Kier molecular flexibility index (Phi) is 2.40. The minimum Gasteiger partial charge on any atom is -0.385 e. The highest BCUT2D eigenvalue weighted by atomic mass is 16.3. The van der Waals surface area contributed by atoms with E-state index in [1.807, 2.05) is 0 Å². The van der Waals surface area contributed by atoms with Crippen molar-refractivity contribution < 1.29 is 5.11 Å². The van der Waals surface area contributed by atoms with Gasteiger partial charge in [0.15, 0.2) is 5.82 Å². The minimum atomic E-state index is -0.690. The molecule has 1 heterocycles. The second-order valence-electron chi connectivity index (χ2n) is 2.17. The average molecular weight is 157 g/mol. The molecule has 1 aromatic rings. The standard InChI is InChI=1S/C5H11N5O/c6-2-1-3(11)4-8-5(7)10-9-4/h3,11H,1-2,6H2,(H3,7,8,9,10). The quantitative estimate of drug-likeness (QED) is 0.438. The normalized spacial score (nSPS) is 13.3. The van der Waals surface area contributed by atoms with Gasteiger partial charge in [0.05, 0.1) is 0 Å². The topological polar surface area (TPSA) is 114 Å². The van der Waals surface area contributed by atoms with E-state index in [0.717, 1.165) is 0 Å². The molecule has 6 heteroatoms. The largest absolute Gasteiger partial charge is 0.385 e. The maximum absolute atomic E-state index is 9.26. The lowest BCUT2D eigenvalue weighted by molar-refractivity contribution is 0.161. The first kappa shape index (κ1) is 7.96. The first-order valence-corrected chi connectivity index (χ1v) is 3.30. The fourth-order valence-electron chi connectivity index (χ4n) is 0.732. The predicted octanol–water partition coefficient (Wildman–Crippen LogP) is -1.23. The van der Waals surface area contributed by atoms with Gasteiger partial charge in [0.1, 0.15) is 6.10 Å². The van der Waals surface area contributed by atoms with E-state index in [0.29, 0.717) is 18.8 Å². The van der Waals surface area contributed by atoms with Crippen LogP contribution in [0.25, 0.3) is 0 Å². The van der Waals surface area contributed by atoms with Crippen molar-refractivity contribution in [3.63, 3.8) is 0 Å². The second kappa shape index (κ2) is 3.31. The SMILES string of the molecule is NCCC(O)c1nc(N)n[nH]1. The van der Waals surface area contributed by atoms with Gasteiger partial charge in [-0.15, -0.1) is 5.10 Å². The molecule has 0 saturated heterocycles. The number of nitrogens with one attached hydrogen (secondary N) is 1. The van der Waals surface area contributed by atoms with Crippen molar-refractivity contribution in [1.82, 2.24) is 15.2 Å². The van der Waals surface area contributed by atoms with Crippen molar-refractivity contribution in [2.24, 2.45) is 5.73 Å². The average Bonchev–Trinajstić information content (AvgIpc) is 2.36. The Labute approximate surface area is 63.6 Å². The van der Waals surface area contributed by atoms with Crippen molar-refractivity contribution in [2.75, 3.05) is 12.3 Å². The summed E-state index contributed by atoms with van der Waals surface area (Å²) >= 11 is 0. The summed E-state index contributed by atoms with van der Waals surface area (Å²) in [6.07, 6.45) is -0.237. The van der Waals surface area contributed by atoms with Gasteiger partial charge >= 0.3 is 0 Å². The zero-order chi connectivity index (χ0) is 8.27. The van der Waals surface area contributed by atoms with Crippen molar-refractivity contribution >= 4 is 5.95 Å². The third kappa shape index (κ3) is 1.89. The van der Waals surface area contributed by atoms with Gasteiger partial charge in [-0.3, -0.25) is 5.10 Å². The molecular formula is C5H11N5O. The van der Waals surface area contributed by atoms with E-state index in [1.54, 1.807) is 0 Å². The first-order valence-electron chi connectivity index (χ1n) is 3.30. The van der Waals surface area contributed by atoms with E-state index in [9.17, 15) is 5.11 Å². The molecular weight excluding hydrogens is 146 g/mol. The van der Waals surface area contributed by atoms with Crippen molar-refractivity contribution in [3.05, 3.63) is 5.82 Å². The maximum Gasteiger partial charge on any atom is 0.239 e. The second-order valence-corrected chi connectivity index (χ2v) is 2.17. The molecule has 1 unspecified atom stereocenters. The molecule has 0 radical (unpaired) electrons. The number of nitrogens with two attached hydrogens (primary N) is 2. The lowest BCUT2D eigenvalue weighted by Gasteiger charge is -2.02. The summed E-state index contributed by atoms with van der Waals surface area (Å²) in [5, 5.41) is 15.3. The lowest BCUT2D eigenvalue weighted by Crippen LogP contribution is -2.08. The molecule has 0 amide bonds. The molecule has 62 valence electrons. The molecule has 1 rings (SSSR count). The van der Waals surface area contributed by atoms with Crippen LogP contribution in [-0.4, -0.2) is 26.8 Å². The molecule has 0 aromatic carbocycles. The van der Waals surface area contributed by atoms with Crippen molar-refractivity contribution in [3.8, 4) is 0 Å². The summed E-state index contributed by atoms with van der Waals surface area (Å²) in [5.74, 6) is 0.504. The fourth-order valence-corrected chi connectivity index (χ4v) is 0.732. The molecule has 0 aliphatic heterocycles. The Bertz CT molecular complexity index is 222. The molecule has 0 aliphatic carbocycles. The van der Waals surface area contributed by atoms with Gasteiger partial charge in [0, 0.05) is 0 Å². The van der Waals surface area contributed by atoms with Crippen LogP contribution >= 0.6 is 0 Å². The number of aromatic amines is 1. The number of nitrogen functional groups attached to an aromatic ring is 1. The molecule has 0 bridgehead atoms. The third-order valence-corrected chi connectivity index (χ3v) is 1.28. The van der Waals surface area contributed by atoms with Crippen LogP contribution in [0.1, 0.15) is 18.3 Å². The summed E-state index contributed by atoms with van der Waals surface area (Å²) in [4.78, 5) is 3.73. The van der Waals surface area contributed by atoms with E-state index < -0.39 is 6.10 Å². The van der Waals surface area contributed by atoms with Crippen LogP contribution in [0.3, 0.4) is 0 Å². The van der Waals surface area contributed by atoms with Gasteiger partial charge in [-0.2, -0.15) is 4.98 Å². The molecule has 0 aliphatic rings. The van der Waals surface area contributed by atoms with Crippen LogP contribution in [0.15, 0.2) is 0 Å². The van der Waals surface area contributed by atoms with Crippen LogP contribution in [-0.2, 0) is 0 Å². The molecule has 0 spiro atoms. The zero-order valence-electron chi connectivity index (χ0n) is 5.99. The Morgan fingerprint density at radius 2 is 2.36 bits per heavy atom. The summed E-state index contributed by atoms with van der Waals surface area (Å²) in [7, 11) is 0. The van der Waals surface area contributed by atoms with E-state index in [1.165, 1.54) is 0 Å². The Balaban J connectivity index is 2.60. The van der Waals surface area contributed by atoms with Crippen LogP contribution in [0.5, 0.6) is 0 Å². The van der Waals surface area contributed by atoms with E-state index in [-0.39, 0.29) is 5.95 Å². The molecule has 6 nitrogen and oxygen atoms in total. The molecule has 0 saturated carbocycles. The lowest BCUT2D eigenvalue weighted by atomic mass is 10.2. The van der Waals surface area contributed by atoms with E-state index in [2.05, 4.69) is 15.2 Å². The fraction of sp³-hybridized carbons (Fsp3) is 0.600. The highest BCUT2D eigenvalue weighted by Crippen LogP contribution is 2.10. The summed E-state index contributed by atoms with van der Waals surface area (Å²) < 4.78 is 0. The predicted molar refractivity (Wildman–Crippen MR) is 39.4 cm³/mol. The molecule has 1 atom stereocenters. The third-order valence-electron chi connectivity index (χ3n) is 1.28. The molecule has 0 fully saturated rings. The van der Waals surface area contributed by atoms with Crippen LogP contribution < -0.4 is 11.5 Å². The van der Waals surface area contributed by atoms with Crippen molar-refractivity contribution in [2.45, 2.75) is 12.5 Å². The maximum atomic E-state index is 9.26. The summed E-state index contributed by atoms with van der Waals surface area (Å²) in [6, 6.07) is 0. The highest BCUT2D eigenvalue weighted by Gasteiger charge is 2.09. The van der Waals surface area contributed by atoms with Crippen LogP contribution in [0, 0.1) is 0 Å². The van der Waals surface area contributed by atoms with Gasteiger partial charge < -0.3 is 16.6 Å². The Hall–Kier alpha value is -1.14. The Morgan fingerprint density at radius 1 is 1.64 bits per heavy atom. The smallest absolute Gasteiger partial charge is 0.239 e. The van der Waals surface area contributed by atoms with E-state index in [4.69, 9.17) is 11.5 Å². The number of H-pyrrole nitrogens is 1. The van der Waals surface area contributed by atoms with Gasteiger partial charge in [-0.05, 0) is 13.0 Å². The number of anilines is 1. The highest BCUT2D eigenvalue weighted by molar-refractivity contribution is 5.13. The number of rotatable bonds is 3. The number of hydrogen-bond donors (Lipinski definition) is 4. The zero-order valence-corrected chi connectivity index (χ0v) is 5.99. The summed E-state index contributed by atoms with van der Waals surface area (Å²) in [6.45, 7) is 0.405. The van der Waals surface area contributed by atoms with Gasteiger partial charge in [0.25, 0.3) is 0 Å². The number of nitrogens with zero attached hydrogens (tertiary/aromatic N) is 2. The number of aliphatic hydroxyl groups is 1. The number of aliphatic hydroxyl groups excluding tert-OH is 1. The monoisotopic (exact) mass is 157 g/mol. The van der Waals surface area contributed by atoms with Crippen LogP contribution in [0.4, 0.5) is 5.95 Å². The summed E-state index contributed by atoms with van der Waals surface area (Å²) in [5.41, 5.74) is 10.4. The van der Waals surface area contributed by atoms with E-state index >= 15 is 0 Å². The Morgan fingerprint density at radius 3 is 2.82 bits per heavy atom. The van der Waals surface area contributed by atoms with Crippen molar-refractivity contribution in [1.29, 1.82) is 0 Å². The molecule has 11 heavy (non-hydrogen) atoms. The first-order chi connectivity index (χ1) is 5.24. The number of hydrogen-bond acceptors (Lipinski definition) is 5. The van der Waals surface area contributed by atoms with Gasteiger partial charge in [-0.1, -0.05) is 0 Å². The van der Waals surface area contributed by atoms with Gasteiger partial charge in [-0.25, -0.2) is 0 Å². The van der Waals surface area contributed by atoms with Crippen LogP contribution in [0.2, 0.25) is 0 Å². The molecule has 1 aromatic heterocycles. The number of aromatic nitrogens is 3.